The van der Waals surface area contributed by atoms with Gasteiger partial charge in [-0.1, -0.05) is 0 Å². The van der Waals surface area contributed by atoms with Gasteiger partial charge in [-0.2, -0.15) is 0 Å². The lowest BCUT2D eigenvalue weighted by atomic mass is 10.3. The first-order valence-electron chi connectivity index (χ1n) is 7.37. The van der Waals surface area contributed by atoms with Crippen LogP contribution in [0.3, 0.4) is 0 Å². The fourth-order valence-corrected chi connectivity index (χ4v) is 2.42. The van der Waals surface area contributed by atoms with Gasteiger partial charge in [0.15, 0.2) is 0 Å². The molecule has 110 valence electrons. The molecule has 4 heteroatoms. The molecule has 0 spiro atoms. The largest absolute Gasteiger partial charge is 0.355 e. The van der Waals surface area contributed by atoms with Crippen LogP contribution in [0.15, 0.2) is 86.7 Å². The molecule has 1 aromatic heterocycles. The summed E-state index contributed by atoms with van der Waals surface area (Å²) < 4.78 is 0. The highest BCUT2D eigenvalue weighted by atomic mass is 14.8. The number of aromatic nitrogens is 1. The van der Waals surface area contributed by atoms with E-state index in [0.29, 0.717) is 0 Å². The van der Waals surface area contributed by atoms with E-state index in [1.807, 2.05) is 66.8 Å². The molecular formula is C19H14N4. The van der Waals surface area contributed by atoms with Crippen LogP contribution in [0.4, 0.5) is 0 Å². The Morgan fingerprint density at radius 1 is 0.696 bits per heavy atom. The summed E-state index contributed by atoms with van der Waals surface area (Å²) in [5.41, 5.74) is 5.74. The molecule has 1 aromatic rings. The Hall–Kier alpha value is -3.27. The molecule has 0 saturated heterocycles. The molecule has 0 bridgehead atoms. The van der Waals surface area contributed by atoms with Gasteiger partial charge in [-0.05, 0) is 66.8 Å². The van der Waals surface area contributed by atoms with E-state index < -0.39 is 0 Å². The first-order valence-corrected chi connectivity index (χ1v) is 7.37. The third-order valence-corrected chi connectivity index (χ3v) is 3.47. The number of allylic oxidation sites excluding steroid dienone is 7. The average Bonchev–Trinajstić information content (AvgIpc) is 3.31. The molecule has 0 atom stereocenters. The van der Waals surface area contributed by atoms with Crippen molar-refractivity contribution in [3.8, 4) is 0 Å². The Balaban J connectivity index is 1.52. The fourth-order valence-electron chi connectivity index (χ4n) is 2.42. The van der Waals surface area contributed by atoms with Crippen LogP contribution in [-0.2, 0) is 0 Å². The molecule has 4 nitrogen and oxygen atoms in total. The SMILES string of the molecule is C1=CC(=Cc2ccc(/C=C3/C=CC(/C=C4\C=CC=N4)=N3)[nH]2)N=C1. The number of H-pyrrole nitrogens is 1. The molecule has 4 rings (SSSR count). The summed E-state index contributed by atoms with van der Waals surface area (Å²) in [6.07, 6.45) is 21.3. The fraction of sp³-hybridized carbons (Fsp3) is 0. The van der Waals surface area contributed by atoms with Crippen molar-refractivity contribution in [1.82, 2.24) is 4.98 Å². The van der Waals surface area contributed by atoms with Crippen molar-refractivity contribution >= 4 is 30.3 Å². The van der Waals surface area contributed by atoms with E-state index in [4.69, 9.17) is 0 Å². The van der Waals surface area contributed by atoms with E-state index in [1.54, 1.807) is 12.4 Å². The predicted molar refractivity (Wildman–Crippen MR) is 96.7 cm³/mol. The van der Waals surface area contributed by atoms with Crippen molar-refractivity contribution in [3.63, 3.8) is 0 Å². The Morgan fingerprint density at radius 3 is 2.00 bits per heavy atom. The van der Waals surface area contributed by atoms with Gasteiger partial charge >= 0.3 is 0 Å². The zero-order valence-corrected chi connectivity index (χ0v) is 12.3. The Labute approximate surface area is 134 Å². The highest BCUT2D eigenvalue weighted by Gasteiger charge is 2.05. The molecule has 0 fully saturated rings. The van der Waals surface area contributed by atoms with E-state index in [2.05, 4.69) is 20.0 Å². The highest BCUT2D eigenvalue weighted by molar-refractivity contribution is 6.08. The smallest absolute Gasteiger partial charge is 0.0659 e. The van der Waals surface area contributed by atoms with E-state index in [-0.39, 0.29) is 0 Å². The van der Waals surface area contributed by atoms with E-state index in [9.17, 15) is 0 Å². The minimum atomic E-state index is 0.911. The Morgan fingerprint density at radius 2 is 1.35 bits per heavy atom. The van der Waals surface area contributed by atoms with Crippen LogP contribution in [-0.4, -0.2) is 23.1 Å². The Bertz CT molecular complexity index is 881. The van der Waals surface area contributed by atoms with Gasteiger partial charge in [0.2, 0.25) is 0 Å². The standard InChI is InChI=1S/C19H14N4/c1-3-14(20-9-1)11-16-5-7-18(22-16)13-19-8-6-17(23-19)12-15-4-2-10-21-15/h1-13,22H/b14-11?,15-12+,19-13-. The number of nitrogens with zero attached hydrogens (tertiary/aromatic N) is 3. The molecule has 4 heterocycles. The quantitative estimate of drug-likeness (QED) is 0.880. The monoisotopic (exact) mass is 298 g/mol. The molecular weight excluding hydrogens is 284 g/mol. The maximum Gasteiger partial charge on any atom is 0.0659 e. The van der Waals surface area contributed by atoms with Crippen LogP contribution in [0.25, 0.3) is 12.2 Å². The van der Waals surface area contributed by atoms with Crippen molar-refractivity contribution < 1.29 is 0 Å². The predicted octanol–water partition coefficient (Wildman–Crippen LogP) is 3.87. The van der Waals surface area contributed by atoms with Gasteiger partial charge in [-0.25, -0.2) is 4.99 Å². The van der Waals surface area contributed by atoms with Crippen LogP contribution < -0.4 is 0 Å². The summed E-state index contributed by atoms with van der Waals surface area (Å²) in [7, 11) is 0. The van der Waals surface area contributed by atoms with Crippen LogP contribution in [0.1, 0.15) is 11.4 Å². The van der Waals surface area contributed by atoms with E-state index in [1.165, 1.54) is 0 Å². The number of rotatable bonds is 3. The third kappa shape index (κ3) is 3.16. The van der Waals surface area contributed by atoms with E-state index in [0.717, 1.165) is 34.2 Å². The second kappa shape index (κ2) is 5.85. The van der Waals surface area contributed by atoms with Gasteiger partial charge in [0.1, 0.15) is 0 Å². The molecule has 3 aliphatic heterocycles. The lowest BCUT2D eigenvalue weighted by Crippen LogP contribution is -1.84. The summed E-state index contributed by atoms with van der Waals surface area (Å²) in [4.78, 5) is 16.4. The zero-order valence-electron chi connectivity index (χ0n) is 12.3. The summed E-state index contributed by atoms with van der Waals surface area (Å²) in [5.74, 6) is 0. The van der Waals surface area contributed by atoms with Gasteiger partial charge in [0, 0.05) is 23.8 Å². The lowest BCUT2D eigenvalue weighted by molar-refractivity contribution is 1.32. The van der Waals surface area contributed by atoms with Crippen molar-refractivity contribution in [3.05, 3.63) is 83.1 Å². The minimum absolute atomic E-state index is 0.911. The summed E-state index contributed by atoms with van der Waals surface area (Å²) >= 11 is 0. The molecule has 0 aliphatic carbocycles. The summed E-state index contributed by atoms with van der Waals surface area (Å²) in [5, 5.41) is 0. The highest BCUT2D eigenvalue weighted by Crippen LogP contribution is 2.17. The van der Waals surface area contributed by atoms with Crippen LogP contribution >= 0.6 is 0 Å². The minimum Gasteiger partial charge on any atom is -0.355 e. The molecule has 0 unspecified atom stereocenters. The second-order valence-corrected chi connectivity index (χ2v) is 5.22. The zero-order chi connectivity index (χ0) is 15.5. The molecule has 23 heavy (non-hydrogen) atoms. The van der Waals surface area contributed by atoms with Gasteiger partial charge in [-0.15, -0.1) is 0 Å². The maximum absolute atomic E-state index is 4.57. The van der Waals surface area contributed by atoms with Crippen molar-refractivity contribution in [2.45, 2.75) is 0 Å². The molecule has 0 amide bonds. The maximum atomic E-state index is 4.57. The van der Waals surface area contributed by atoms with Crippen molar-refractivity contribution in [2.75, 3.05) is 0 Å². The van der Waals surface area contributed by atoms with Crippen molar-refractivity contribution in [2.24, 2.45) is 15.0 Å². The molecule has 1 N–H and O–H groups in total. The summed E-state index contributed by atoms with van der Waals surface area (Å²) in [6.45, 7) is 0. The van der Waals surface area contributed by atoms with Crippen LogP contribution in [0.5, 0.6) is 0 Å². The molecule has 3 aliphatic rings. The molecule has 0 aromatic carbocycles. The third-order valence-electron chi connectivity index (χ3n) is 3.47. The van der Waals surface area contributed by atoms with Gasteiger partial charge in [-0.3, -0.25) is 9.98 Å². The van der Waals surface area contributed by atoms with Gasteiger partial charge in [0.25, 0.3) is 0 Å². The van der Waals surface area contributed by atoms with Gasteiger partial charge in [0.05, 0.1) is 22.8 Å². The van der Waals surface area contributed by atoms with Crippen LogP contribution in [0, 0.1) is 0 Å². The number of hydrogen-bond donors (Lipinski definition) is 1. The van der Waals surface area contributed by atoms with Crippen LogP contribution in [0.2, 0.25) is 0 Å². The number of aromatic amines is 1. The average molecular weight is 298 g/mol. The lowest BCUT2D eigenvalue weighted by Gasteiger charge is -1.92. The number of nitrogens with one attached hydrogen (secondary N) is 1. The van der Waals surface area contributed by atoms with Gasteiger partial charge < -0.3 is 4.98 Å². The molecule has 0 saturated carbocycles. The first kappa shape index (κ1) is 13.4. The number of aliphatic imine (C=N–C) groups is 3. The Kier molecular flexibility index (Phi) is 3.41. The molecule has 0 radical (unpaired) electrons. The van der Waals surface area contributed by atoms with E-state index >= 15 is 0 Å². The first-order chi connectivity index (χ1) is 11.3. The topological polar surface area (TPSA) is 52.9 Å². The number of hydrogen-bond acceptors (Lipinski definition) is 3. The van der Waals surface area contributed by atoms with Crippen molar-refractivity contribution in [1.29, 1.82) is 0 Å². The second-order valence-electron chi connectivity index (χ2n) is 5.22. The summed E-state index contributed by atoms with van der Waals surface area (Å²) in [6, 6.07) is 4.07. The normalized spacial score (nSPS) is 23.3.